The first-order valence-electron chi connectivity index (χ1n) is 7.01. The van der Waals surface area contributed by atoms with Gasteiger partial charge in [-0.2, -0.15) is 0 Å². The first kappa shape index (κ1) is 15.4. The molecular weight excluding hydrogens is 274 g/mol. The van der Waals surface area contributed by atoms with E-state index in [2.05, 4.69) is 4.90 Å². The Morgan fingerprint density at radius 3 is 2.62 bits per heavy atom. The van der Waals surface area contributed by atoms with Crippen LogP contribution in [0.4, 0.5) is 4.79 Å². The number of piperazine rings is 1. The minimum absolute atomic E-state index is 0.00548. The molecule has 1 N–H and O–H groups in total. The first-order chi connectivity index (χ1) is 10.1. The third-order valence-corrected chi connectivity index (χ3v) is 3.61. The van der Waals surface area contributed by atoms with Crippen LogP contribution in [0.25, 0.3) is 0 Å². The van der Waals surface area contributed by atoms with Gasteiger partial charge in [-0.05, 0) is 6.07 Å². The Labute approximate surface area is 123 Å². The largest absolute Gasteiger partial charge is 0.481 e. The molecule has 2 heterocycles. The Morgan fingerprint density at radius 1 is 1.33 bits per heavy atom. The fourth-order valence-corrected chi connectivity index (χ4v) is 2.38. The summed E-state index contributed by atoms with van der Waals surface area (Å²) in [6.45, 7) is 3.77. The highest BCUT2D eigenvalue weighted by atomic mass is 16.4. The average Bonchev–Trinajstić information content (AvgIpc) is 2.97. The summed E-state index contributed by atoms with van der Waals surface area (Å²) in [5, 5.41) is 8.67. The van der Waals surface area contributed by atoms with Gasteiger partial charge >= 0.3 is 12.0 Å². The monoisotopic (exact) mass is 295 g/mol. The molecule has 0 unspecified atom stereocenters. The number of carboxylic acid groups (broad SMARTS) is 1. The van der Waals surface area contributed by atoms with Crippen molar-refractivity contribution in [1.29, 1.82) is 0 Å². The molecule has 0 spiro atoms. The molecule has 2 rings (SSSR count). The van der Waals surface area contributed by atoms with Crippen LogP contribution in [0.3, 0.4) is 0 Å². The lowest BCUT2D eigenvalue weighted by atomic mass is 10.3. The number of rotatable bonds is 5. The molecule has 21 heavy (non-hydrogen) atoms. The van der Waals surface area contributed by atoms with Crippen LogP contribution < -0.4 is 0 Å². The van der Waals surface area contributed by atoms with Gasteiger partial charge in [0.15, 0.2) is 0 Å². The fraction of sp³-hybridized carbons (Fsp3) is 0.571. The summed E-state index contributed by atoms with van der Waals surface area (Å²) in [4.78, 5) is 28.4. The zero-order chi connectivity index (χ0) is 15.2. The van der Waals surface area contributed by atoms with E-state index in [4.69, 9.17) is 9.52 Å². The van der Waals surface area contributed by atoms with Crippen LogP contribution >= 0.6 is 0 Å². The molecule has 1 aromatic rings. The Morgan fingerprint density at radius 2 is 2.05 bits per heavy atom. The number of furan rings is 1. The summed E-state index contributed by atoms with van der Waals surface area (Å²) in [6.07, 6.45) is 3.37. The van der Waals surface area contributed by atoms with Crippen molar-refractivity contribution in [1.82, 2.24) is 14.7 Å². The van der Waals surface area contributed by atoms with Crippen molar-refractivity contribution < 1.29 is 19.1 Å². The molecule has 1 aliphatic heterocycles. The number of hydrogen-bond acceptors (Lipinski definition) is 4. The maximum Gasteiger partial charge on any atom is 0.320 e. The zero-order valence-electron chi connectivity index (χ0n) is 12.2. The topological polar surface area (TPSA) is 77.2 Å². The highest BCUT2D eigenvalue weighted by Crippen LogP contribution is 2.09. The number of carboxylic acids is 1. The summed E-state index contributed by atoms with van der Waals surface area (Å²) in [7, 11) is 1.77. The predicted octanol–water partition coefficient (Wildman–Crippen LogP) is 0.924. The number of hydrogen-bond donors (Lipinski definition) is 1. The van der Waals surface area contributed by atoms with Crippen molar-refractivity contribution in [2.75, 3.05) is 39.8 Å². The third kappa shape index (κ3) is 4.49. The van der Waals surface area contributed by atoms with Crippen LogP contribution in [-0.2, 0) is 11.3 Å². The van der Waals surface area contributed by atoms with E-state index in [1.165, 1.54) is 0 Å². The first-order valence-corrected chi connectivity index (χ1v) is 7.01. The summed E-state index contributed by atoms with van der Waals surface area (Å²) in [5.41, 5.74) is 0.964. The Kier molecular flexibility index (Phi) is 5.21. The lowest BCUT2D eigenvalue weighted by Gasteiger charge is -2.36. The normalized spacial score (nSPS) is 16.0. The summed E-state index contributed by atoms with van der Waals surface area (Å²) >= 11 is 0. The van der Waals surface area contributed by atoms with Gasteiger partial charge in [-0.1, -0.05) is 0 Å². The summed E-state index contributed by atoms with van der Waals surface area (Å²) in [6, 6.07) is 1.84. The Balaban J connectivity index is 1.76. The molecule has 0 aromatic carbocycles. The van der Waals surface area contributed by atoms with Crippen molar-refractivity contribution in [2.24, 2.45) is 0 Å². The molecule has 0 saturated carbocycles. The molecule has 1 aromatic heterocycles. The van der Waals surface area contributed by atoms with E-state index in [0.29, 0.717) is 26.2 Å². The van der Waals surface area contributed by atoms with Gasteiger partial charge in [0.05, 0.1) is 25.5 Å². The molecular formula is C14H21N3O4. The van der Waals surface area contributed by atoms with Gasteiger partial charge in [0.25, 0.3) is 0 Å². The van der Waals surface area contributed by atoms with E-state index < -0.39 is 5.97 Å². The number of nitrogens with zero attached hydrogens (tertiary/aromatic N) is 3. The van der Waals surface area contributed by atoms with Gasteiger partial charge in [-0.15, -0.1) is 0 Å². The van der Waals surface area contributed by atoms with E-state index in [9.17, 15) is 9.59 Å². The maximum absolute atomic E-state index is 12.3. The molecule has 116 valence electrons. The van der Waals surface area contributed by atoms with Gasteiger partial charge in [-0.3, -0.25) is 9.69 Å². The van der Waals surface area contributed by atoms with Crippen LogP contribution in [0, 0.1) is 0 Å². The Hall–Kier alpha value is -2.02. The highest BCUT2D eigenvalue weighted by molar-refractivity contribution is 5.74. The molecule has 1 saturated heterocycles. The van der Waals surface area contributed by atoms with Gasteiger partial charge in [0.2, 0.25) is 0 Å². The molecule has 0 aliphatic carbocycles. The molecule has 2 amide bonds. The summed E-state index contributed by atoms with van der Waals surface area (Å²) < 4.78 is 4.99. The lowest BCUT2D eigenvalue weighted by Crippen LogP contribution is -2.52. The number of carbonyl (C=O) groups is 2. The quantitative estimate of drug-likeness (QED) is 0.874. The second-order valence-corrected chi connectivity index (χ2v) is 5.24. The Bertz CT molecular complexity index is 467. The number of carbonyl (C=O) groups excluding carboxylic acids is 1. The van der Waals surface area contributed by atoms with Gasteiger partial charge in [0, 0.05) is 45.3 Å². The third-order valence-electron chi connectivity index (χ3n) is 3.61. The highest BCUT2D eigenvalue weighted by Gasteiger charge is 2.23. The maximum atomic E-state index is 12.3. The SMILES string of the molecule is CN(Cc1ccoc1)C(=O)N1CCN(CCC(=O)O)CC1. The number of urea groups is 1. The molecule has 7 nitrogen and oxygen atoms in total. The van der Waals surface area contributed by atoms with Gasteiger partial charge in [0.1, 0.15) is 0 Å². The molecule has 1 aliphatic rings. The second-order valence-electron chi connectivity index (χ2n) is 5.24. The average molecular weight is 295 g/mol. The van der Waals surface area contributed by atoms with Crippen LogP contribution in [0.2, 0.25) is 0 Å². The van der Waals surface area contributed by atoms with E-state index >= 15 is 0 Å². The zero-order valence-corrected chi connectivity index (χ0v) is 12.2. The minimum atomic E-state index is -0.784. The van der Waals surface area contributed by atoms with Crippen molar-refractivity contribution in [3.8, 4) is 0 Å². The minimum Gasteiger partial charge on any atom is -0.481 e. The van der Waals surface area contributed by atoms with Crippen LogP contribution in [0.5, 0.6) is 0 Å². The van der Waals surface area contributed by atoms with E-state index in [0.717, 1.165) is 18.7 Å². The van der Waals surface area contributed by atoms with Crippen LogP contribution in [0.15, 0.2) is 23.0 Å². The lowest BCUT2D eigenvalue weighted by molar-refractivity contribution is -0.137. The predicted molar refractivity (Wildman–Crippen MR) is 75.8 cm³/mol. The van der Waals surface area contributed by atoms with Crippen molar-refractivity contribution in [2.45, 2.75) is 13.0 Å². The molecule has 0 atom stereocenters. The van der Waals surface area contributed by atoms with Crippen LogP contribution in [-0.4, -0.2) is 71.6 Å². The van der Waals surface area contributed by atoms with Crippen molar-refractivity contribution in [3.05, 3.63) is 24.2 Å². The van der Waals surface area contributed by atoms with Crippen molar-refractivity contribution in [3.63, 3.8) is 0 Å². The fourth-order valence-electron chi connectivity index (χ4n) is 2.38. The molecule has 0 bridgehead atoms. The number of amides is 2. The van der Waals surface area contributed by atoms with Gasteiger partial charge in [-0.25, -0.2) is 4.79 Å². The molecule has 1 fully saturated rings. The molecule has 0 radical (unpaired) electrons. The van der Waals surface area contributed by atoms with Gasteiger partial charge < -0.3 is 19.3 Å². The van der Waals surface area contributed by atoms with E-state index in [1.807, 2.05) is 6.07 Å². The number of aliphatic carboxylic acids is 1. The van der Waals surface area contributed by atoms with Crippen LogP contribution in [0.1, 0.15) is 12.0 Å². The second kappa shape index (κ2) is 7.12. The summed E-state index contributed by atoms with van der Waals surface area (Å²) in [5.74, 6) is -0.784. The standard InChI is InChI=1S/C14H21N3O4/c1-15(10-12-3-9-21-11-12)14(20)17-7-5-16(6-8-17)4-2-13(18)19/h3,9,11H,2,4-8,10H2,1H3,(H,18,19). The van der Waals surface area contributed by atoms with Crippen molar-refractivity contribution >= 4 is 12.0 Å². The molecule has 7 heteroatoms. The smallest absolute Gasteiger partial charge is 0.320 e. The van der Waals surface area contributed by atoms with E-state index in [1.54, 1.807) is 29.4 Å². The van der Waals surface area contributed by atoms with E-state index in [-0.39, 0.29) is 12.5 Å².